The van der Waals surface area contributed by atoms with Crippen molar-refractivity contribution in [2.45, 2.75) is 26.7 Å². The number of Topliss-reactive ketones (excluding diaryl/α,β-unsaturated/α-hetero) is 1. The first-order chi connectivity index (χ1) is 6.11. The number of carbonyl (C=O) groups excluding carboxylic acids is 2. The van der Waals surface area contributed by atoms with Crippen molar-refractivity contribution >= 4 is 11.8 Å². The topological polar surface area (TPSA) is 63.6 Å². The van der Waals surface area contributed by atoms with Gasteiger partial charge in [0.25, 0.3) is 0 Å². The van der Waals surface area contributed by atoms with Crippen molar-refractivity contribution < 1.29 is 19.4 Å². The van der Waals surface area contributed by atoms with Gasteiger partial charge in [-0.3, -0.25) is 4.79 Å². The largest absolute Gasteiger partial charge is 0.466 e. The quantitative estimate of drug-likeness (QED) is 0.617. The Morgan fingerprint density at radius 3 is 2.46 bits per heavy atom. The molecule has 76 valence electrons. The summed E-state index contributed by atoms with van der Waals surface area (Å²) in [4.78, 5) is 21.9. The molecule has 0 radical (unpaired) electrons. The first kappa shape index (κ1) is 12.1. The number of ether oxygens (including phenoxy) is 1. The summed E-state index contributed by atoms with van der Waals surface area (Å²) < 4.78 is 4.76. The number of rotatable bonds is 6. The van der Waals surface area contributed by atoms with Crippen molar-refractivity contribution in [1.29, 1.82) is 0 Å². The van der Waals surface area contributed by atoms with E-state index in [1.165, 1.54) is 6.92 Å². The molecule has 0 saturated heterocycles. The zero-order valence-electron chi connectivity index (χ0n) is 8.08. The normalized spacial score (nSPS) is 12.2. The molecule has 0 saturated carbocycles. The first-order valence-electron chi connectivity index (χ1n) is 4.38. The third-order valence-corrected chi connectivity index (χ3v) is 1.63. The van der Waals surface area contributed by atoms with E-state index in [9.17, 15) is 9.59 Å². The van der Waals surface area contributed by atoms with Crippen LogP contribution >= 0.6 is 0 Å². The summed E-state index contributed by atoms with van der Waals surface area (Å²) in [6.07, 6.45) is 0.442. The average Bonchev–Trinajstić information content (AvgIpc) is 2.03. The maximum Gasteiger partial charge on any atom is 0.309 e. The molecule has 0 spiro atoms. The summed E-state index contributed by atoms with van der Waals surface area (Å²) in [6, 6.07) is 0. The van der Waals surface area contributed by atoms with E-state index >= 15 is 0 Å². The van der Waals surface area contributed by atoms with Crippen LogP contribution < -0.4 is 0 Å². The average molecular weight is 188 g/mol. The lowest BCUT2D eigenvalue weighted by Crippen LogP contribution is -2.21. The van der Waals surface area contributed by atoms with Gasteiger partial charge in [-0.2, -0.15) is 0 Å². The summed E-state index contributed by atoms with van der Waals surface area (Å²) in [5.74, 6) is -0.944. The minimum absolute atomic E-state index is 0.0634. The predicted molar refractivity (Wildman–Crippen MR) is 47.1 cm³/mol. The molecular formula is C9H16O4. The molecule has 0 aromatic rings. The summed E-state index contributed by atoms with van der Waals surface area (Å²) in [7, 11) is 0. The van der Waals surface area contributed by atoms with Crippen LogP contribution in [-0.4, -0.2) is 30.1 Å². The molecule has 1 N–H and O–H groups in total. The summed E-state index contributed by atoms with van der Waals surface area (Å²) in [5, 5.41) is 8.65. The second kappa shape index (κ2) is 6.60. The molecule has 0 amide bonds. The molecule has 0 fully saturated rings. The Bertz CT molecular complexity index is 176. The number of carbonyl (C=O) groups is 2. The van der Waals surface area contributed by atoms with Gasteiger partial charge in [0.15, 0.2) is 0 Å². The molecule has 0 aliphatic rings. The Morgan fingerprint density at radius 1 is 1.46 bits per heavy atom. The molecule has 1 unspecified atom stereocenters. The lowest BCUT2D eigenvalue weighted by Gasteiger charge is -2.11. The van der Waals surface area contributed by atoms with Crippen molar-refractivity contribution in [2.24, 2.45) is 5.92 Å². The number of hydrogen-bond donors (Lipinski definition) is 1. The zero-order chi connectivity index (χ0) is 10.3. The fourth-order valence-corrected chi connectivity index (χ4v) is 1.07. The summed E-state index contributed by atoms with van der Waals surface area (Å²) >= 11 is 0. The molecule has 0 rings (SSSR count). The van der Waals surface area contributed by atoms with Gasteiger partial charge in [0.1, 0.15) is 5.78 Å². The lowest BCUT2D eigenvalue weighted by molar-refractivity contribution is -0.150. The molecule has 0 aliphatic heterocycles. The SMILES string of the molecule is CCOC(=O)C(CCO)CC(C)=O. The van der Waals surface area contributed by atoms with Crippen molar-refractivity contribution in [3.63, 3.8) is 0 Å². The van der Waals surface area contributed by atoms with E-state index < -0.39 is 11.9 Å². The Kier molecular flexibility index (Phi) is 6.14. The second-order valence-corrected chi connectivity index (χ2v) is 2.87. The third-order valence-electron chi connectivity index (χ3n) is 1.63. The van der Waals surface area contributed by atoms with Gasteiger partial charge in [-0.1, -0.05) is 0 Å². The van der Waals surface area contributed by atoms with Crippen molar-refractivity contribution in [1.82, 2.24) is 0 Å². The monoisotopic (exact) mass is 188 g/mol. The van der Waals surface area contributed by atoms with Crippen molar-refractivity contribution in [2.75, 3.05) is 13.2 Å². The summed E-state index contributed by atoms with van der Waals surface area (Å²) in [5.41, 5.74) is 0. The standard InChI is InChI=1S/C9H16O4/c1-3-13-9(12)8(4-5-10)6-7(2)11/h8,10H,3-6H2,1-2H3. The molecule has 0 bridgehead atoms. The van der Waals surface area contributed by atoms with E-state index in [-0.39, 0.29) is 18.8 Å². The number of aliphatic hydroxyl groups is 1. The number of hydrogen-bond acceptors (Lipinski definition) is 4. The molecule has 4 nitrogen and oxygen atoms in total. The van der Waals surface area contributed by atoms with Crippen LogP contribution in [0, 0.1) is 5.92 Å². The fraction of sp³-hybridized carbons (Fsp3) is 0.778. The van der Waals surface area contributed by atoms with Crippen LogP contribution in [0.3, 0.4) is 0 Å². The molecule has 4 heteroatoms. The van der Waals surface area contributed by atoms with E-state index in [2.05, 4.69) is 0 Å². The maximum atomic E-state index is 11.2. The Balaban J connectivity index is 4.06. The lowest BCUT2D eigenvalue weighted by atomic mass is 10.00. The van der Waals surface area contributed by atoms with Gasteiger partial charge in [-0.25, -0.2) is 0 Å². The molecular weight excluding hydrogens is 172 g/mol. The van der Waals surface area contributed by atoms with Gasteiger partial charge in [0.2, 0.25) is 0 Å². The molecule has 0 aromatic carbocycles. The molecule has 13 heavy (non-hydrogen) atoms. The molecule has 0 aromatic heterocycles. The predicted octanol–water partition coefficient (Wildman–Crippen LogP) is 0.527. The van der Waals surface area contributed by atoms with E-state index in [4.69, 9.17) is 9.84 Å². The van der Waals surface area contributed by atoms with Crippen molar-refractivity contribution in [3.8, 4) is 0 Å². The highest BCUT2D eigenvalue weighted by Crippen LogP contribution is 2.10. The van der Waals surface area contributed by atoms with Crippen LogP contribution in [0.4, 0.5) is 0 Å². The molecule has 0 heterocycles. The van der Waals surface area contributed by atoms with Crippen LogP contribution in [0.5, 0.6) is 0 Å². The zero-order valence-corrected chi connectivity index (χ0v) is 8.08. The maximum absolute atomic E-state index is 11.2. The van der Waals surface area contributed by atoms with Crippen LogP contribution in [0.15, 0.2) is 0 Å². The van der Waals surface area contributed by atoms with E-state index in [0.717, 1.165) is 0 Å². The first-order valence-corrected chi connectivity index (χ1v) is 4.38. The van der Waals surface area contributed by atoms with Crippen LogP contribution in [-0.2, 0) is 14.3 Å². The Labute approximate surface area is 77.9 Å². The Hall–Kier alpha value is -0.900. The number of aliphatic hydroxyl groups excluding tert-OH is 1. The fourth-order valence-electron chi connectivity index (χ4n) is 1.07. The van der Waals surface area contributed by atoms with Crippen molar-refractivity contribution in [3.05, 3.63) is 0 Å². The van der Waals surface area contributed by atoms with E-state index in [0.29, 0.717) is 13.0 Å². The van der Waals surface area contributed by atoms with E-state index in [1.54, 1.807) is 6.92 Å². The Morgan fingerprint density at radius 2 is 2.08 bits per heavy atom. The van der Waals surface area contributed by atoms with Crippen LogP contribution in [0.25, 0.3) is 0 Å². The smallest absolute Gasteiger partial charge is 0.309 e. The van der Waals surface area contributed by atoms with Crippen LogP contribution in [0.2, 0.25) is 0 Å². The van der Waals surface area contributed by atoms with Crippen LogP contribution in [0.1, 0.15) is 26.7 Å². The highest BCUT2D eigenvalue weighted by Gasteiger charge is 2.20. The summed E-state index contributed by atoms with van der Waals surface area (Å²) in [6.45, 7) is 3.33. The van der Waals surface area contributed by atoms with Gasteiger partial charge in [-0.05, 0) is 20.3 Å². The highest BCUT2D eigenvalue weighted by atomic mass is 16.5. The number of ketones is 1. The van der Waals surface area contributed by atoms with E-state index in [1.807, 2.05) is 0 Å². The van der Waals surface area contributed by atoms with Gasteiger partial charge in [-0.15, -0.1) is 0 Å². The number of esters is 1. The van der Waals surface area contributed by atoms with Gasteiger partial charge in [0.05, 0.1) is 12.5 Å². The minimum atomic E-state index is -0.484. The van der Waals surface area contributed by atoms with Gasteiger partial charge < -0.3 is 14.6 Å². The second-order valence-electron chi connectivity index (χ2n) is 2.87. The third kappa shape index (κ3) is 5.36. The molecule has 0 aliphatic carbocycles. The van der Waals surface area contributed by atoms with Gasteiger partial charge in [0, 0.05) is 13.0 Å². The minimum Gasteiger partial charge on any atom is -0.466 e. The van der Waals surface area contributed by atoms with Gasteiger partial charge >= 0.3 is 5.97 Å². The highest BCUT2D eigenvalue weighted by molar-refractivity contribution is 5.82. The molecule has 1 atom stereocenters.